The zero-order valence-electron chi connectivity index (χ0n) is 8.25. The van der Waals surface area contributed by atoms with Gasteiger partial charge in [-0.1, -0.05) is 0 Å². The smallest absolute Gasteiger partial charge is 0.333 e. The average Bonchev–Trinajstić information content (AvgIpc) is 2.53. The first-order valence-corrected chi connectivity index (χ1v) is 5.51. The second-order valence-corrected chi connectivity index (χ2v) is 4.43. The van der Waals surface area contributed by atoms with Crippen molar-refractivity contribution in [3.8, 4) is 0 Å². The van der Waals surface area contributed by atoms with E-state index in [-0.39, 0.29) is 3.83 Å². The van der Waals surface area contributed by atoms with Gasteiger partial charge in [0.25, 0.3) is 0 Å². The fourth-order valence-corrected chi connectivity index (χ4v) is 2.04. The monoisotopic (exact) mass is 380 g/mol. The third kappa shape index (κ3) is 2.27. The zero-order valence-corrected chi connectivity index (χ0v) is 10.4. The van der Waals surface area contributed by atoms with Crippen LogP contribution in [0.4, 0.5) is 26.3 Å². The van der Waals surface area contributed by atoms with Crippen LogP contribution in [0.3, 0.4) is 0 Å². The van der Waals surface area contributed by atoms with Crippen molar-refractivity contribution < 1.29 is 26.3 Å². The Morgan fingerprint density at radius 1 is 0.944 bits per heavy atom. The molecule has 0 radical (unpaired) electrons. The molecule has 0 bridgehead atoms. The molecule has 18 heavy (non-hydrogen) atoms. The van der Waals surface area contributed by atoms with Gasteiger partial charge >= 0.3 is 12.4 Å². The van der Waals surface area contributed by atoms with Crippen molar-refractivity contribution in [2.45, 2.75) is 12.4 Å². The number of nitrogens with one attached hydrogen (secondary N) is 1. The number of H-pyrrole nitrogens is 1. The van der Waals surface area contributed by atoms with Crippen molar-refractivity contribution >= 4 is 33.6 Å². The minimum atomic E-state index is -4.75. The molecule has 0 aliphatic carbocycles. The highest BCUT2D eigenvalue weighted by molar-refractivity contribution is 14.1. The number of benzene rings is 1. The number of fused-ring (bicyclic) bond motifs is 1. The predicted molar refractivity (Wildman–Crippen MR) is 58.8 cm³/mol. The van der Waals surface area contributed by atoms with Gasteiger partial charge in [-0.25, -0.2) is 4.98 Å². The number of halogens is 7. The summed E-state index contributed by atoms with van der Waals surface area (Å²) in [7, 11) is 0. The Labute approximate surface area is 110 Å². The molecule has 0 amide bonds. The molecule has 0 unspecified atom stereocenters. The molecule has 9 heteroatoms. The number of aromatic amines is 1. The molecule has 98 valence electrons. The minimum Gasteiger partial charge on any atom is -0.333 e. The van der Waals surface area contributed by atoms with Crippen LogP contribution in [0.15, 0.2) is 12.1 Å². The zero-order chi connectivity index (χ0) is 13.7. The first-order valence-electron chi connectivity index (χ1n) is 4.43. The summed E-state index contributed by atoms with van der Waals surface area (Å²) in [6, 6.07) is 0.793. The molecule has 0 spiro atoms. The van der Waals surface area contributed by atoms with Gasteiger partial charge in [0.05, 0.1) is 16.6 Å². The first kappa shape index (κ1) is 13.4. The standard InChI is InChI=1S/C9H3F6IN2/c10-8(11,12)3-1-2-4(9(13,14)15)6-5(3)17-7(16)18-6/h1-2H,(H,17,18). The van der Waals surface area contributed by atoms with E-state index in [2.05, 4.69) is 9.97 Å². The van der Waals surface area contributed by atoms with Gasteiger partial charge in [0.2, 0.25) is 0 Å². The normalized spacial score (nSPS) is 13.3. The molecule has 1 aromatic heterocycles. The highest BCUT2D eigenvalue weighted by atomic mass is 127. The van der Waals surface area contributed by atoms with E-state index in [0.717, 1.165) is 0 Å². The fourth-order valence-electron chi connectivity index (χ4n) is 1.53. The Morgan fingerprint density at radius 2 is 1.44 bits per heavy atom. The van der Waals surface area contributed by atoms with E-state index in [4.69, 9.17) is 0 Å². The quantitative estimate of drug-likeness (QED) is 0.539. The molecule has 1 N–H and O–H groups in total. The summed E-state index contributed by atoms with van der Waals surface area (Å²) in [4.78, 5) is 5.67. The van der Waals surface area contributed by atoms with Crippen molar-refractivity contribution in [3.05, 3.63) is 27.1 Å². The number of rotatable bonds is 0. The second-order valence-electron chi connectivity index (χ2n) is 3.41. The Hall–Kier alpha value is -1.00. The SMILES string of the molecule is FC(F)(F)c1ccc(C(F)(F)F)c2[nH]c(I)nc12. The molecular formula is C9H3F6IN2. The predicted octanol–water partition coefficient (Wildman–Crippen LogP) is 4.21. The number of hydrogen-bond donors (Lipinski definition) is 1. The molecule has 2 nitrogen and oxygen atoms in total. The minimum absolute atomic E-state index is 0.0372. The van der Waals surface area contributed by atoms with Crippen LogP contribution in [0.5, 0.6) is 0 Å². The third-order valence-corrected chi connectivity index (χ3v) is 2.74. The van der Waals surface area contributed by atoms with Gasteiger partial charge < -0.3 is 4.98 Å². The molecular weight excluding hydrogens is 377 g/mol. The molecule has 2 aromatic rings. The molecule has 0 saturated heterocycles. The van der Waals surface area contributed by atoms with Gasteiger partial charge in [0, 0.05) is 0 Å². The van der Waals surface area contributed by atoms with Gasteiger partial charge in [0.1, 0.15) is 5.52 Å². The van der Waals surface area contributed by atoms with Crippen molar-refractivity contribution in [2.75, 3.05) is 0 Å². The Kier molecular flexibility index (Phi) is 2.98. The van der Waals surface area contributed by atoms with E-state index < -0.39 is 34.5 Å². The first-order chi connectivity index (χ1) is 8.10. The van der Waals surface area contributed by atoms with E-state index in [1.54, 1.807) is 0 Å². The average molecular weight is 380 g/mol. The summed E-state index contributed by atoms with van der Waals surface area (Å²) in [5.41, 5.74) is -3.73. The lowest BCUT2D eigenvalue weighted by atomic mass is 10.1. The van der Waals surface area contributed by atoms with Crippen molar-refractivity contribution in [3.63, 3.8) is 0 Å². The number of aromatic nitrogens is 2. The highest BCUT2D eigenvalue weighted by Crippen LogP contribution is 2.39. The lowest BCUT2D eigenvalue weighted by Gasteiger charge is -2.11. The third-order valence-electron chi connectivity index (χ3n) is 2.23. The topological polar surface area (TPSA) is 28.7 Å². The number of nitrogens with zero attached hydrogens (tertiary/aromatic N) is 1. The van der Waals surface area contributed by atoms with Crippen LogP contribution in [-0.4, -0.2) is 9.97 Å². The van der Waals surface area contributed by atoms with Gasteiger partial charge in [-0.05, 0) is 34.7 Å². The van der Waals surface area contributed by atoms with E-state index in [0.29, 0.717) is 12.1 Å². The molecule has 0 atom stereocenters. The van der Waals surface area contributed by atoms with Crippen molar-refractivity contribution in [2.24, 2.45) is 0 Å². The van der Waals surface area contributed by atoms with E-state index in [1.807, 2.05) is 0 Å². The highest BCUT2D eigenvalue weighted by Gasteiger charge is 2.39. The van der Waals surface area contributed by atoms with Crippen LogP contribution < -0.4 is 0 Å². The van der Waals surface area contributed by atoms with Gasteiger partial charge in [-0.15, -0.1) is 0 Å². The van der Waals surface area contributed by atoms with Crippen LogP contribution >= 0.6 is 22.6 Å². The number of imidazole rings is 1. The van der Waals surface area contributed by atoms with Crippen molar-refractivity contribution in [1.29, 1.82) is 0 Å². The lowest BCUT2D eigenvalue weighted by molar-refractivity contribution is -0.139. The lowest BCUT2D eigenvalue weighted by Crippen LogP contribution is -2.10. The van der Waals surface area contributed by atoms with Gasteiger partial charge in [-0.2, -0.15) is 26.3 Å². The Bertz CT molecular complexity index is 546. The largest absolute Gasteiger partial charge is 0.418 e. The van der Waals surface area contributed by atoms with Crippen LogP contribution in [0.1, 0.15) is 11.1 Å². The summed E-state index contributed by atoms with van der Waals surface area (Å²) >= 11 is 1.52. The molecule has 0 fully saturated rings. The van der Waals surface area contributed by atoms with E-state index in [9.17, 15) is 26.3 Å². The van der Waals surface area contributed by atoms with Crippen molar-refractivity contribution in [1.82, 2.24) is 9.97 Å². The summed E-state index contributed by atoms with van der Waals surface area (Å²) in [6.45, 7) is 0. The van der Waals surface area contributed by atoms with Crippen LogP contribution in [-0.2, 0) is 12.4 Å². The van der Waals surface area contributed by atoms with Gasteiger partial charge in [-0.3, -0.25) is 0 Å². The molecule has 2 rings (SSSR count). The van der Waals surface area contributed by atoms with Gasteiger partial charge in [0.15, 0.2) is 3.83 Å². The molecule has 0 saturated carbocycles. The fraction of sp³-hybridized carbons (Fsp3) is 0.222. The molecule has 1 heterocycles. The number of hydrogen-bond acceptors (Lipinski definition) is 1. The van der Waals surface area contributed by atoms with Crippen LogP contribution in [0.25, 0.3) is 11.0 Å². The molecule has 1 aromatic carbocycles. The second kappa shape index (κ2) is 4.00. The Morgan fingerprint density at radius 3 is 1.94 bits per heavy atom. The maximum atomic E-state index is 12.6. The number of alkyl halides is 6. The summed E-state index contributed by atoms with van der Waals surface area (Å²) in [5.74, 6) is 0. The molecule has 0 aliphatic rings. The summed E-state index contributed by atoms with van der Waals surface area (Å²) in [5, 5.41) is 0. The Balaban J connectivity index is 2.83. The van der Waals surface area contributed by atoms with Crippen LogP contribution in [0.2, 0.25) is 0 Å². The van der Waals surface area contributed by atoms with E-state index in [1.165, 1.54) is 22.6 Å². The summed E-state index contributed by atoms with van der Waals surface area (Å²) in [6.07, 6.45) is -9.49. The summed E-state index contributed by atoms with van der Waals surface area (Å²) < 4.78 is 75.7. The van der Waals surface area contributed by atoms with E-state index >= 15 is 0 Å². The maximum Gasteiger partial charge on any atom is 0.418 e. The van der Waals surface area contributed by atoms with Crippen LogP contribution in [0, 0.1) is 3.83 Å². The molecule has 0 aliphatic heterocycles. The maximum absolute atomic E-state index is 12.6.